The minimum Gasteiger partial charge on any atom is -0.481 e. The van der Waals surface area contributed by atoms with Crippen molar-refractivity contribution in [3.63, 3.8) is 0 Å². The molecule has 1 fully saturated rings. The molecule has 0 unspecified atom stereocenters. The third-order valence-electron chi connectivity index (χ3n) is 13.6. The van der Waals surface area contributed by atoms with Crippen molar-refractivity contribution in [2.24, 2.45) is 38.7 Å². The molecule has 1 rings (SSSR count). The predicted octanol–water partition coefficient (Wildman–Crippen LogP) is -3.12. The number of carboxylic acid groups (broad SMARTS) is 1. The Balaban J connectivity index is 3.21. The molecule has 0 aromatic carbocycles. The lowest BCUT2D eigenvalue weighted by atomic mass is 10.0. The Morgan fingerprint density at radius 1 is 0.595 bits per heavy atom. The molecule has 0 bridgehead atoms. The number of aliphatic hydroxyl groups excluding tert-OH is 1. The highest BCUT2D eigenvalue weighted by Gasteiger charge is 2.39. The minimum absolute atomic E-state index is 0.0165. The largest absolute Gasteiger partial charge is 0.481 e. The van der Waals surface area contributed by atoms with E-state index >= 15 is 0 Å². The van der Waals surface area contributed by atoms with E-state index in [2.05, 4.69) is 70.4 Å². The maximum Gasteiger partial charge on any atom is 0.303 e. The van der Waals surface area contributed by atoms with Crippen molar-refractivity contribution in [2.45, 2.75) is 223 Å². The first-order valence-corrected chi connectivity index (χ1v) is 29.3. The van der Waals surface area contributed by atoms with Gasteiger partial charge in [0, 0.05) is 33.0 Å². The molecule has 0 radical (unpaired) electrons. The normalized spacial score (nSPS) is 15.6. The Morgan fingerprint density at radius 3 is 1.57 bits per heavy atom. The second-order valence-corrected chi connectivity index (χ2v) is 20.8. The summed E-state index contributed by atoms with van der Waals surface area (Å²) in [6.45, 7) is 4.38. The fourth-order valence-electron chi connectivity index (χ4n) is 8.80. The molecule has 478 valence electrons. The number of carbonyl (C=O) groups is 11. The lowest BCUT2D eigenvalue weighted by Crippen LogP contribution is -2.63. The topological polar surface area (TPSA) is 507 Å². The van der Waals surface area contributed by atoms with Gasteiger partial charge in [0.1, 0.15) is 42.3 Å². The van der Waals surface area contributed by atoms with Crippen LogP contribution in [0.4, 0.5) is 0 Å². The van der Waals surface area contributed by atoms with E-state index in [9.17, 15) is 63.0 Å². The zero-order chi connectivity index (χ0) is 63.0. The lowest BCUT2D eigenvalue weighted by molar-refractivity contribution is -0.147. The standard InChI is InChI=1S/C53H98N18O13/c1-5-6-7-8-9-10-11-12-13-14-15-16-17-25-40(73)63-36(22-18-19-28-54)47(80)65-37(24-21-30-61-53(57)58)48(81)66-38(26-27-43(76)77)49(82)68-44(34(3)72)50(83)67-39-31-41(74)69-70-71(51(39)84)33(2)45(78)62-32-42(75)64-35(46(79)59-4)23-20-29-60-52(55)56/h33-39,44,70,72H,5-32,54H2,1-4H3,(H,59,79)(H,62,78)(H,63,73)(H,64,75)(H,65,80)(H,66,81)(H,67,83)(H,68,82)(H,69,74)(H,76,77)(H4,55,56,60)(H4,57,58,61)/t33-,34+,35-,36-,37-,38-,39-,44-/m0/s1. The molecule has 1 aliphatic heterocycles. The molecule has 0 aromatic rings. The van der Waals surface area contributed by atoms with E-state index in [-0.39, 0.29) is 63.0 Å². The second kappa shape index (κ2) is 43.3. The summed E-state index contributed by atoms with van der Waals surface area (Å²) in [5, 5.41) is 40.8. The Labute approximate surface area is 492 Å². The highest BCUT2D eigenvalue weighted by atomic mass is 16.4. The summed E-state index contributed by atoms with van der Waals surface area (Å²) in [6.07, 6.45) is 12.7. The van der Waals surface area contributed by atoms with Gasteiger partial charge in [-0.25, -0.2) is 5.01 Å². The fraction of sp³-hybridized carbons (Fsp3) is 0.755. The van der Waals surface area contributed by atoms with E-state index in [0.29, 0.717) is 37.2 Å². The average Bonchev–Trinajstić information content (AvgIpc) is 3.51. The zero-order valence-electron chi connectivity index (χ0n) is 49.5. The lowest BCUT2D eigenvalue weighted by Gasteiger charge is -2.30. The van der Waals surface area contributed by atoms with Crippen LogP contribution in [0.2, 0.25) is 0 Å². The van der Waals surface area contributed by atoms with E-state index in [0.717, 1.165) is 32.6 Å². The van der Waals surface area contributed by atoms with Crippen molar-refractivity contribution in [1.29, 1.82) is 0 Å². The van der Waals surface area contributed by atoms with Crippen molar-refractivity contribution in [3.8, 4) is 0 Å². The molecule has 84 heavy (non-hydrogen) atoms. The summed E-state index contributed by atoms with van der Waals surface area (Å²) in [5.74, 6) is -10.4. The van der Waals surface area contributed by atoms with Crippen LogP contribution in [-0.4, -0.2) is 174 Å². The second-order valence-electron chi connectivity index (χ2n) is 20.8. The van der Waals surface area contributed by atoms with Crippen LogP contribution in [-0.2, 0) is 52.7 Å². The number of aliphatic hydroxyl groups is 1. The number of aliphatic imine (C=N–C) groups is 2. The Kier molecular flexibility index (Phi) is 38.4. The molecule has 0 spiro atoms. The molecule has 31 heteroatoms. The summed E-state index contributed by atoms with van der Waals surface area (Å²) >= 11 is 0. The van der Waals surface area contributed by atoms with Crippen LogP contribution < -0.4 is 82.2 Å². The number of guanidine groups is 2. The van der Waals surface area contributed by atoms with Crippen LogP contribution in [0.5, 0.6) is 0 Å². The molecule has 1 saturated heterocycles. The van der Waals surface area contributed by atoms with Crippen LogP contribution in [0.1, 0.15) is 175 Å². The highest BCUT2D eigenvalue weighted by molar-refractivity contribution is 5.99. The monoisotopic (exact) mass is 1190 g/mol. The molecule has 0 saturated carbocycles. The van der Waals surface area contributed by atoms with E-state index in [1.807, 2.05) is 0 Å². The number of hydrogen-bond acceptors (Lipinski definition) is 16. The first kappa shape index (κ1) is 74.6. The van der Waals surface area contributed by atoms with E-state index in [4.69, 9.17) is 28.7 Å². The van der Waals surface area contributed by atoms with Gasteiger partial charge in [-0.05, 0) is 78.2 Å². The first-order chi connectivity index (χ1) is 39.9. The molecule has 8 atom stereocenters. The molecule has 0 aliphatic carbocycles. The number of hydrogen-bond donors (Lipinski definition) is 17. The van der Waals surface area contributed by atoms with Gasteiger partial charge in [-0.15, -0.1) is 5.53 Å². The van der Waals surface area contributed by atoms with Gasteiger partial charge in [0.2, 0.25) is 53.2 Å². The molecule has 0 aromatic heterocycles. The Morgan fingerprint density at radius 2 is 1.07 bits per heavy atom. The van der Waals surface area contributed by atoms with E-state index < -0.39 is 133 Å². The van der Waals surface area contributed by atoms with Crippen LogP contribution in [0.25, 0.3) is 0 Å². The number of amides is 10. The smallest absolute Gasteiger partial charge is 0.303 e. The molecule has 1 heterocycles. The Hall–Kier alpha value is -7.41. The van der Waals surface area contributed by atoms with Gasteiger partial charge in [0.15, 0.2) is 11.9 Å². The summed E-state index contributed by atoms with van der Waals surface area (Å²) < 4.78 is 0. The van der Waals surface area contributed by atoms with Gasteiger partial charge in [-0.3, -0.25) is 68.2 Å². The molecule has 31 nitrogen and oxygen atoms in total. The van der Waals surface area contributed by atoms with Crippen LogP contribution >= 0.6 is 0 Å². The van der Waals surface area contributed by atoms with E-state index in [1.54, 1.807) is 0 Å². The number of nitrogens with one attached hydrogen (secondary N) is 10. The van der Waals surface area contributed by atoms with Crippen LogP contribution in [0, 0.1) is 0 Å². The SMILES string of the molecule is CCCCCCCCCCCCCCCC(=O)N[C@@H](CCCCN)C(=O)N[C@@H](CCCN=C(N)N)C(=O)N[C@@H](CCC(=O)O)C(=O)N[C@H](C(=O)N[C@H]1CC(=O)NNN([C@@H](C)C(=O)NCC(=O)N[C@@H](CCCN=C(N)N)C(=O)NC)C1=O)[C@@H](C)O. The number of carboxylic acids is 1. The number of nitrogens with zero attached hydrogens (tertiary/aromatic N) is 3. The van der Waals surface area contributed by atoms with Gasteiger partial charge in [-0.2, -0.15) is 0 Å². The fourth-order valence-corrected chi connectivity index (χ4v) is 8.80. The number of carbonyl (C=O) groups excluding carboxylic acids is 10. The van der Waals surface area contributed by atoms with Crippen LogP contribution in [0.15, 0.2) is 9.98 Å². The van der Waals surface area contributed by atoms with Gasteiger partial charge >= 0.3 is 5.97 Å². The summed E-state index contributed by atoms with van der Waals surface area (Å²) in [7, 11) is 1.36. The maximum absolute atomic E-state index is 14.2. The number of rotatable bonds is 45. The van der Waals surface area contributed by atoms with Crippen molar-refractivity contribution >= 4 is 77.0 Å². The molecular weight excluding hydrogens is 1100 g/mol. The van der Waals surface area contributed by atoms with Gasteiger partial charge in [0.25, 0.3) is 5.91 Å². The van der Waals surface area contributed by atoms with Gasteiger partial charge in [0.05, 0.1) is 19.1 Å². The summed E-state index contributed by atoms with van der Waals surface area (Å²) in [6, 6.07) is -10.4. The van der Waals surface area contributed by atoms with Crippen LogP contribution in [0.3, 0.4) is 0 Å². The zero-order valence-corrected chi connectivity index (χ0v) is 49.5. The summed E-state index contributed by atoms with van der Waals surface area (Å²) in [5.41, 5.74) is 31.9. The van der Waals surface area contributed by atoms with E-state index in [1.165, 1.54) is 65.3 Å². The third-order valence-corrected chi connectivity index (χ3v) is 13.6. The third kappa shape index (κ3) is 32.4. The predicted molar refractivity (Wildman–Crippen MR) is 312 cm³/mol. The number of likely N-dealkylation sites (N-methyl/N-ethyl adjacent to an activating group) is 1. The van der Waals surface area contributed by atoms with Crippen molar-refractivity contribution in [2.75, 3.05) is 33.2 Å². The number of nitrogens with two attached hydrogens (primary N) is 5. The van der Waals surface area contributed by atoms with Crippen molar-refractivity contribution < 1.29 is 63.0 Å². The number of unbranched alkanes of at least 4 members (excludes halogenated alkanes) is 13. The highest BCUT2D eigenvalue weighted by Crippen LogP contribution is 2.15. The maximum atomic E-state index is 14.2. The van der Waals surface area contributed by atoms with Crippen molar-refractivity contribution in [3.05, 3.63) is 0 Å². The minimum atomic E-state index is -1.92. The first-order valence-electron chi connectivity index (χ1n) is 29.3. The van der Waals surface area contributed by atoms with Crippen molar-refractivity contribution in [1.82, 2.24) is 58.5 Å². The van der Waals surface area contributed by atoms with Gasteiger partial charge in [-0.1, -0.05) is 84.0 Å². The summed E-state index contributed by atoms with van der Waals surface area (Å²) in [4.78, 5) is 154. The quantitative estimate of drug-likeness (QED) is 0.0163. The molecular formula is C53H98N18O13. The van der Waals surface area contributed by atoms with Gasteiger partial charge < -0.3 is 81.4 Å². The molecule has 22 N–H and O–H groups in total. The Bertz CT molecular complexity index is 2160. The molecule has 1 aliphatic rings. The average molecular weight is 1200 g/mol. The number of aliphatic carboxylic acids is 1. The number of hydrazine groups is 2. The molecule has 10 amide bonds.